The van der Waals surface area contributed by atoms with Crippen LogP contribution < -0.4 is 5.73 Å². The second-order valence-corrected chi connectivity index (χ2v) is 4.24. The first kappa shape index (κ1) is 12.4. The van der Waals surface area contributed by atoms with Crippen molar-refractivity contribution >= 4 is 5.91 Å². The highest BCUT2D eigenvalue weighted by molar-refractivity contribution is 5.78. The number of nitrogens with zero attached hydrogens (tertiary/aromatic N) is 2. The van der Waals surface area contributed by atoms with Crippen molar-refractivity contribution in [2.45, 2.75) is 26.0 Å². The number of aliphatic hydroxyl groups excluding tert-OH is 1. The molecule has 88 valence electrons. The van der Waals surface area contributed by atoms with Gasteiger partial charge in [-0.15, -0.1) is 0 Å². The van der Waals surface area contributed by atoms with E-state index in [1.807, 2.05) is 0 Å². The molecule has 1 saturated heterocycles. The second-order valence-electron chi connectivity index (χ2n) is 4.24. The van der Waals surface area contributed by atoms with E-state index in [1.54, 1.807) is 11.8 Å². The van der Waals surface area contributed by atoms with Crippen LogP contribution in [-0.2, 0) is 4.79 Å². The standard InChI is InChI=1S/C10H21N3O2/c1-8-6-13(10(15)5-11)4-3-12(8)7-9(2)14/h8-9,14H,3-7,11H2,1-2H3. The smallest absolute Gasteiger partial charge is 0.236 e. The quantitative estimate of drug-likeness (QED) is 0.624. The zero-order valence-corrected chi connectivity index (χ0v) is 9.52. The van der Waals surface area contributed by atoms with E-state index in [9.17, 15) is 9.90 Å². The van der Waals surface area contributed by atoms with Crippen molar-refractivity contribution in [3.63, 3.8) is 0 Å². The number of hydrogen-bond donors (Lipinski definition) is 2. The maximum Gasteiger partial charge on any atom is 0.236 e. The molecule has 5 nitrogen and oxygen atoms in total. The molecule has 1 aliphatic rings. The Morgan fingerprint density at radius 3 is 2.73 bits per heavy atom. The minimum absolute atomic E-state index is 0.0125. The Bertz CT molecular complexity index is 221. The molecule has 0 aromatic carbocycles. The molecule has 1 heterocycles. The topological polar surface area (TPSA) is 69.8 Å². The van der Waals surface area contributed by atoms with Crippen molar-refractivity contribution in [3.8, 4) is 0 Å². The van der Waals surface area contributed by atoms with Gasteiger partial charge in [-0.1, -0.05) is 0 Å². The molecule has 5 heteroatoms. The molecular weight excluding hydrogens is 194 g/mol. The van der Waals surface area contributed by atoms with Crippen molar-refractivity contribution < 1.29 is 9.90 Å². The van der Waals surface area contributed by atoms with E-state index >= 15 is 0 Å². The fourth-order valence-corrected chi connectivity index (χ4v) is 1.96. The lowest BCUT2D eigenvalue weighted by atomic mass is 10.1. The van der Waals surface area contributed by atoms with Gasteiger partial charge in [0.15, 0.2) is 0 Å². The Balaban J connectivity index is 2.44. The van der Waals surface area contributed by atoms with Crippen LogP contribution in [0.15, 0.2) is 0 Å². The summed E-state index contributed by atoms with van der Waals surface area (Å²) in [5.41, 5.74) is 5.32. The molecule has 2 unspecified atom stereocenters. The van der Waals surface area contributed by atoms with Gasteiger partial charge in [0.2, 0.25) is 5.91 Å². The van der Waals surface area contributed by atoms with Gasteiger partial charge >= 0.3 is 0 Å². The third kappa shape index (κ3) is 3.44. The minimum Gasteiger partial charge on any atom is -0.392 e. The molecule has 0 aromatic rings. The average molecular weight is 215 g/mol. The van der Waals surface area contributed by atoms with E-state index in [-0.39, 0.29) is 18.6 Å². The number of carbonyl (C=O) groups is 1. The minimum atomic E-state index is -0.316. The molecule has 3 N–H and O–H groups in total. The summed E-state index contributed by atoms with van der Waals surface area (Å²) in [5, 5.41) is 9.30. The fraction of sp³-hybridized carbons (Fsp3) is 0.900. The van der Waals surface area contributed by atoms with Gasteiger partial charge in [0.05, 0.1) is 12.6 Å². The van der Waals surface area contributed by atoms with Crippen molar-refractivity contribution in [1.82, 2.24) is 9.80 Å². The molecule has 0 bridgehead atoms. The van der Waals surface area contributed by atoms with Crippen LogP contribution in [0.3, 0.4) is 0 Å². The summed E-state index contributed by atoms with van der Waals surface area (Å²) in [4.78, 5) is 15.4. The van der Waals surface area contributed by atoms with Crippen molar-refractivity contribution in [2.24, 2.45) is 5.73 Å². The fourth-order valence-electron chi connectivity index (χ4n) is 1.96. The molecule has 1 amide bonds. The number of piperazine rings is 1. The summed E-state index contributed by atoms with van der Waals surface area (Å²) in [6.07, 6.45) is -0.316. The molecule has 1 rings (SSSR count). The summed E-state index contributed by atoms with van der Waals surface area (Å²) in [6, 6.07) is 0.295. The summed E-state index contributed by atoms with van der Waals surface area (Å²) >= 11 is 0. The number of β-amino-alcohol motifs (C(OH)–C–C–N with tert-alkyl or cyclic N) is 1. The lowest BCUT2D eigenvalue weighted by Gasteiger charge is -2.40. The first-order chi connectivity index (χ1) is 7.04. The molecule has 15 heavy (non-hydrogen) atoms. The third-order valence-corrected chi connectivity index (χ3v) is 2.79. The summed E-state index contributed by atoms with van der Waals surface area (Å²) in [7, 11) is 0. The zero-order chi connectivity index (χ0) is 11.4. The van der Waals surface area contributed by atoms with Crippen LogP contribution in [0.25, 0.3) is 0 Å². The molecule has 2 atom stereocenters. The number of hydrogen-bond acceptors (Lipinski definition) is 4. The predicted molar refractivity (Wildman–Crippen MR) is 58.4 cm³/mol. The normalized spacial score (nSPS) is 25.3. The lowest BCUT2D eigenvalue weighted by Crippen LogP contribution is -2.55. The number of aliphatic hydroxyl groups is 1. The van der Waals surface area contributed by atoms with Gasteiger partial charge < -0.3 is 15.7 Å². The van der Waals surface area contributed by atoms with Gasteiger partial charge in [-0.2, -0.15) is 0 Å². The molecule has 1 fully saturated rings. The van der Waals surface area contributed by atoms with Gasteiger partial charge in [0.25, 0.3) is 0 Å². The monoisotopic (exact) mass is 215 g/mol. The van der Waals surface area contributed by atoms with Crippen LogP contribution in [0, 0.1) is 0 Å². The molecule has 1 aliphatic heterocycles. The summed E-state index contributed by atoms with van der Waals surface area (Å²) < 4.78 is 0. The van der Waals surface area contributed by atoms with Gasteiger partial charge in [-0.25, -0.2) is 0 Å². The Morgan fingerprint density at radius 1 is 1.60 bits per heavy atom. The number of nitrogens with two attached hydrogens (primary N) is 1. The highest BCUT2D eigenvalue weighted by atomic mass is 16.3. The van der Waals surface area contributed by atoms with E-state index in [1.165, 1.54) is 0 Å². The summed E-state index contributed by atoms with van der Waals surface area (Å²) in [5.74, 6) is 0.0125. The molecule has 0 spiro atoms. The van der Waals surface area contributed by atoms with Crippen molar-refractivity contribution in [2.75, 3.05) is 32.7 Å². The number of rotatable bonds is 3. The van der Waals surface area contributed by atoms with Gasteiger partial charge in [0, 0.05) is 32.2 Å². The third-order valence-electron chi connectivity index (χ3n) is 2.79. The second kappa shape index (κ2) is 5.44. The van der Waals surface area contributed by atoms with Crippen LogP contribution in [0.5, 0.6) is 0 Å². The van der Waals surface area contributed by atoms with E-state index < -0.39 is 0 Å². The van der Waals surface area contributed by atoms with Crippen molar-refractivity contribution in [1.29, 1.82) is 0 Å². The summed E-state index contributed by atoms with van der Waals surface area (Å²) in [6.45, 7) is 6.85. The Morgan fingerprint density at radius 2 is 2.27 bits per heavy atom. The highest BCUT2D eigenvalue weighted by Crippen LogP contribution is 2.09. The van der Waals surface area contributed by atoms with E-state index in [2.05, 4.69) is 11.8 Å². The average Bonchev–Trinajstić information content (AvgIpc) is 2.19. The Hall–Kier alpha value is -0.650. The van der Waals surface area contributed by atoms with Crippen molar-refractivity contribution in [3.05, 3.63) is 0 Å². The highest BCUT2D eigenvalue weighted by Gasteiger charge is 2.26. The molecule has 0 aliphatic carbocycles. The van der Waals surface area contributed by atoms with Gasteiger partial charge in [-0.3, -0.25) is 9.69 Å². The maximum atomic E-state index is 11.4. The number of amides is 1. The Kier molecular flexibility index (Phi) is 4.50. The maximum absolute atomic E-state index is 11.4. The van der Waals surface area contributed by atoms with E-state index in [4.69, 9.17) is 5.73 Å². The first-order valence-electron chi connectivity index (χ1n) is 5.44. The molecule has 0 saturated carbocycles. The van der Waals surface area contributed by atoms with Crippen LogP contribution in [0.1, 0.15) is 13.8 Å². The SMILES string of the molecule is CC(O)CN1CCN(C(=O)CN)CC1C. The zero-order valence-electron chi connectivity index (χ0n) is 9.52. The lowest BCUT2D eigenvalue weighted by molar-refractivity contribution is -0.132. The van der Waals surface area contributed by atoms with Gasteiger partial charge in [-0.05, 0) is 13.8 Å². The van der Waals surface area contributed by atoms with Crippen LogP contribution >= 0.6 is 0 Å². The molecule has 0 aromatic heterocycles. The number of carbonyl (C=O) groups excluding carboxylic acids is 1. The molecular formula is C10H21N3O2. The van der Waals surface area contributed by atoms with E-state index in [0.29, 0.717) is 25.7 Å². The van der Waals surface area contributed by atoms with Gasteiger partial charge in [0.1, 0.15) is 0 Å². The largest absolute Gasteiger partial charge is 0.392 e. The molecule has 0 radical (unpaired) electrons. The van der Waals surface area contributed by atoms with Crippen LogP contribution in [0.2, 0.25) is 0 Å². The predicted octanol–water partition coefficient (Wildman–Crippen LogP) is -1.14. The van der Waals surface area contributed by atoms with E-state index in [0.717, 1.165) is 6.54 Å². The first-order valence-corrected chi connectivity index (χ1v) is 5.44. The van der Waals surface area contributed by atoms with Crippen LogP contribution in [0.4, 0.5) is 0 Å². The Labute approximate surface area is 90.8 Å². The van der Waals surface area contributed by atoms with Crippen LogP contribution in [-0.4, -0.2) is 65.7 Å².